The molecule has 1 aliphatic heterocycles. The number of fused-ring (bicyclic) bond motifs is 3. The maximum absolute atomic E-state index is 13.4. The molecule has 0 bridgehead atoms. The van der Waals surface area contributed by atoms with Gasteiger partial charge in [0.05, 0.1) is 19.5 Å². The SMILES string of the molecule is COc1ccc([C@H]2CCCCCN2C(=O)Cn2cnc3c(oc4ccccc43)c2=O)cc1. The Morgan fingerprint density at radius 3 is 2.75 bits per heavy atom. The lowest BCUT2D eigenvalue weighted by atomic mass is 10.0. The number of para-hydroxylation sites is 1. The van der Waals surface area contributed by atoms with Crippen molar-refractivity contribution in [2.45, 2.75) is 38.3 Å². The number of hydrogen-bond donors (Lipinski definition) is 0. The lowest BCUT2D eigenvalue weighted by molar-refractivity contribution is -0.134. The van der Waals surface area contributed by atoms with E-state index < -0.39 is 0 Å². The fourth-order valence-electron chi connectivity index (χ4n) is 4.54. The molecule has 2 aromatic heterocycles. The fraction of sp³-hybridized carbons (Fsp3) is 0.320. The number of nitrogens with zero attached hydrogens (tertiary/aromatic N) is 3. The van der Waals surface area contributed by atoms with Crippen LogP contribution in [0, 0.1) is 0 Å². The number of ether oxygens (including phenoxy) is 1. The highest BCUT2D eigenvalue weighted by atomic mass is 16.5. The molecular weight excluding hydrogens is 406 g/mol. The zero-order valence-electron chi connectivity index (χ0n) is 18.0. The average Bonchev–Trinajstić information content (AvgIpc) is 3.03. The number of rotatable bonds is 4. The fourth-order valence-corrected chi connectivity index (χ4v) is 4.54. The van der Waals surface area contributed by atoms with Crippen molar-refractivity contribution in [2.24, 2.45) is 0 Å². The maximum atomic E-state index is 13.4. The van der Waals surface area contributed by atoms with Gasteiger partial charge in [-0.25, -0.2) is 4.98 Å². The van der Waals surface area contributed by atoms with Crippen LogP contribution in [-0.2, 0) is 11.3 Å². The first-order valence-electron chi connectivity index (χ1n) is 11.0. The summed E-state index contributed by atoms with van der Waals surface area (Å²) in [6.07, 6.45) is 5.45. The minimum atomic E-state index is -0.338. The molecular formula is C25H25N3O4. The number of furan rings is 1. The number of likely N-dealkylation sites (tertiary alicyclic amines) is 1. The van der Waals surface area contributed by atoms with E-state index in [9.17, 15) is 9.59 Å². The predicted octanol–water partition coefficient (Wildman–Crippen LogP) is 4.30. The van der Waals surface area contributed by atoms with Crippen molar-refractivity contribution >= 4 is 28.0 Å². The van der Waals surface area contributed by atoms with Crippen LogP contribution in [0.4, 0.5) is 0 Å². The zero-order valence-corrected chi connectivity index (χ0v) is 18.0. The minimum absolute atomic E-state index is 0.0190. The number of carbonyl (C=O) groups is 1. The third-order valence-electron chi connectivity index (χ3n) is 6.23. The molecule has 3 heterocycles. The standard InChI is InChI=1S/C25H25N3O4/c1-31-18-12-10-17(11-13-18)20-8-3-2-6-14-28(20)22(29)15-27-16-26-23-19-7-4-5-9-21(19)32-24(23)25(27)30/h4-5,7,9-13,16,20H,2-3,6,8,14-15H2,1H3/t20-/m1/s1. The van der Waals surface area contributed by atoms with Gasteiger partial charge in [-0.05, 0) is 42.7 Å². The number of benzene rings is 2. The number of aromatic nitrogens is 2. The molecule has 5 rings (SSSR count). The molecule has 0 N–H and O–H groups in total. The minimum Gasteiger partial charge on any atom is -0.497 e. The largest absolute Gasteiger partial charge is 0.497 e. The summed E-state index contributed by atoms with van der Waals surface area (Å²) < 4.78 is 12.4. The van der Waals surface area contributed by atoms with Gasteiger partial charge in [0, 0.05) is 11.9 Å². The topological polar surface area (TPSA) is 77.6 Å². The van der Waals surface area contributed by atoms with Crippen LogP contribution in [0.1, 0.15) is 37.3 Å². The van der Waals surface area contributed by atoms with E-state index in [0.717, 1.165) is 42.4 Å². The van der Waals surface area contributed by atoms with E-state index in [1.165, 1.54) is 10.9 Å². The Hall–Kier alpha value is -3.61. The van der Waals surface area contributed by atoms with Crippen molar-refractivity contribution in [3.05, 3.63) is 70.8 Å². The van der Waals surface area contributed by atoms with E-state index in [1.807, 2.05) is 53.4 Å². The van der Waals surface area contributed by atoms with E-state index in [1.54, 1.807) is 7.11 Å². The van der Waals surface area contributed by atoms with E-state index in [4.69, 9.17) is 9.15 Å². The zero-order chi connectivity index (χ0) is 22.1. The highest BCUT2D eigenvalue weighted by molar-refractivity contribution is 6.01. The molecule has 0 spiro atoms. The highest BCUT2D eigenvalue weighted by Crippen LogP contribution is 2.31. The summed E-state index contributed by atoms with van der Waals surface area (Å²) >= 11 is 0. The molecule has 1 saturated heterocycles. The third kappa shape index (κ3) is 3.64. The van der Waals surface area contributed by atoms with Crippen LogP contribution < -0.4 is 10.3 Å². The van der Waals surface area contributed by atoms with Gasteiger partial charge in [-0.15, -0.1) is 0 Å². The Morgan fingerprint density at radius 2 is 1.94 bits per heavy atom. The van der Waals surface area contributed by atoms with E-state index >= 15 is 0 Å². The Labute approximate surface area is 185 Å². The van der Waals surface area contributed by atoms with Crippen LogP contribution in [0.3, 0.4) is 0 Å². The van der Waals surface area contributed by atoms with Crippen LogP contribution >= 0.6 is 0 Å². The van der Waals surface area contributed by atoms with Crippen molar-refractivity contribution in [3.8, 4) is 5.75 Å². The van der Waals surface area contributed by atoms with Gasteiger partial charge in [0.15, 0.2) is 0 Å². The molecule has 7 heteroatoms. The second-order valence-electron chi connectivity index (χ2n) is 8.18. The second kappa shape index (κ2) is 8.49. The molecule has 164 valence electrons. The molecule has 1 atom stereocenters. The van der Waals surface area contributed by atoms with Crippen molar-refractivity contribution in [3.63, 3.8) is 0 Å². The smallest absolute Gasteiger partial charge is 0.297 e. The monoisotopic (exact) mass is 431 g/mol. The number of hydrogen-bond acceptors (Lipinski definition) is 5. The Balaban J connectivity index is 1.45. The van der Waals surface area contributed by atoms with Crippen molar-refractivity contribution in [1.29, 1.82) is 0 Å². The average molecular weight is 431 g/mol. The van der Waals surface area contributed by atoms with Crippen LogP contribution in [0.15, 0.2) is 64.1 Å². The van der Waals surface area contributed by atoms with Gasteiger partial charge in [-0.3, -0.25) is 14.2 Å². The summed E-state index contributed by atoms with van der Waals surface area (Å²) in [5.74, 6) is 0.698. The number of methoxy groups -OCH3 is 1. The van der Waals surface area contributed by atoms with Gasteiger partial charge < -0.3 is 14.1 Å². The lowest BCUT2D eigenvalue weighted by Crippen LogP contribution is -2.39. The highest BCUT2D eigenvalue weighted by Gasteiger charge is 2.27. The van der Waals surface area contributed by atoms with Gasteiger partial charge >= 0.3 is 0 Å². The Bertz CT molecular complexity index is 1320. The van der Waals surface area contributed by atoms with Crippen molar-refractivity contribution in [1.82, 2.24) is 14.5 Å². The molecule has 0 unspecified atom stereocenters. The van der Waals surface area contributed by atoms with Crippen LogP contribution in [0.2, 0.25) is 0 Å². The summed E-state index contributed by atoms with van der Waals surface area (Å²) in [6, 6.07) is 15.3. The molecule has 2 aromatic carbocycles. The summed E-state index contributed by atoms with van der Waals surface area (Å²) in [7, 11) is 1.64. The summed E-state index contributed by atoms with van der Waals surface area (Å²) in [6.45, 7) is 0.607. The van der Waals surface area contributed by atoms with E-state index in [2.05, 4.69) is 4.98 Å². The summed E-state index contributed by atoms with van der Waals surface area (Å²) in [5, 5.41) is 0.796. The Kier molecular flexibility index (Phi) is 5.39. The quantitative estimate of drug-likeness (QED) is 0.482. The molecule has 0 radical (unpaired) electrons. The van der Waals surface area contributed by atoms with Crippen molar-refractivity contribution in [2.75, 3.05) is 13.7 Å². The number of amides is 1. The first kappa shape index (κ1) is 20.3. The van der Waals surface area contributed by atoms with Crippen LogP contribution in [-0.4, -0.2) is 34.0 Å². The predicted molar refractivity (Wildman–Crippen MR) is 122 cm³/mol. The molecule has 0 saturated carbocycles. The van der Waals surface area contributed by atoms with E-state index in [0.29, 0.717) is 17.6 Å². The van der Waals surface area contributed by atoms with Gasteiger partial charge in [0.25, 0.3) is 5.56 Å². The first-order valence-corrected chi connectivity index (χ1v) is 11.0. The molecule has 1 aliphatic rings. The van der Waals surface area contributed by atoms with Gasteiger partial charge in [0.2, 0.25) is 11.5 Å². The molecule has 32 heavy (non-hydrogen) atoms. The third-order valence-corrected chi connectivity index (χ3v) is 6.23. The van der Waals surface area contributed by atoms with Gasteiger partial charge in [-0.1, -0.05) is 37.1 Å². The van der Waals surface area contributed by atoms with Crippen LogP contribution in [0.25, 0.3) is 22.1 Å². The van der Waals surface area contributed by atoms with Crippen LogP contribution in [0.5, 0.6) is 5.75 Å². The summed E-state index contributed by atoms with van der Waals surface area (Å²) in [4.78, 5) is 32.8. The molecule has 7 nitrogen and oxygen atoms in total. The van der Waals surface area contributed by atoms with E-state index in [-0.39, 0.29) is 29.6 Å². The Morgan fingerprint density at radius 1 is 1.12 bits per heavy atom. The summed E-state index contributed by atoms with van der Waals surface area (Å²) in [5.41, 5.74) is 2.07. The van der Waals surface area contributed by atoms with Gasteiger partial charge in [-0.2, -0.15) is 0 Å². The number of carbonyl (C=O) groups excluding carboxylic acids is 1. The van der Waals surface area contributed by atoms with Crippen molar-refractivity contribution < 1.29 is 13.9 Å². The molecule has 4 aromatic rings. The van der Waals surface area contributed by atoms with Gasteiger partial charge in [0.1, 0.15) is 23.4 Å². The maximum Gasteiger partial charge on any atom is 0.297 e. The molecule has 1 fully saturated rings. The molecule has 1 amide bonds. The lowest BCUT2D eigenvalue weighted by Gasteiger charge is -2.31. The molecule has 0 aliphatic carbocycles. The first-order chi connectivity index (χ1) is 15.7. The normalized spacial score (nSPS) is 16.9. The second-order valence-corrected chi connectivity index (χ2v) is 8.18.